The fraction of sp³-hybridized carbons (Fsp3) is 0.480. The molecule has 0 spiro atoms. The van der Waals surface area contributed by atoms with Crippen molar-refractivity contribution < 1.29 is 19.0 Å². The van der Waals surface area contributed by atoms with E-state index in [4.69, 9.17) is 14.2 Å². The Hall–Kier alpha value is -2.69. The zero-order valence-corrected chi connectivity index (χ0v) is 18.3. The Morgan fingerprint density at radius 2 is 1.83 bits per heavy atom. The summed E-state index contributed by atoms with van der Waals surface area (Å²) in [6, 6.07) is 11.8. The zero-order valence-electron chi connectivity index (χ0n) is 18.3. The standard InChI is InChI=1S/C25H31NO4/c1-16(29-20-10-9-17-7-5-6-8-18(17)13-20)24(27)26-22-15-25(2,3)30-23-14-19(28-4)11-12-21(22)23/h9-14,16,22H,5-8,15H2,1-4H3,(H,26,27). The molecule has 160 valence electrons. The molecule has 5 nitrogen and oxygen atoms in total. The number of hydrogen-bond acceptors (Lipinski definition) is 4. The van der Waals surface area contributed by atoms with E-state index in [2.05, 4.69) is 17.4 Å². The van der Waals surface area contributed by atoms with Gasteiger partial charge in [0, 0.05) is 18.1 Å². The molecule has 0 radical (unpaired) electrons. The number of amides is 1. The first kappa shape index (κ1) is 20.6. The van der Waals surface area contributed by atoms with Gasteiger partial charge < -0.3 is 19.5 Å². The smallest absolute Gasteiger partial charge is 0.261 e. The number of aryl methyl sites for hydroxylation is 2. The van der Waals surface area contributed by atoms with Gasteiger partial charge >= 0.3 is 0 Å². The van der Waals surface area contributed by atoms with E-state index in [0.717, 1.165) is 35.7 Å². The molecule has 0 aromatic heterocycles. The van der Waals surface area contributed by atoms with Crippen molar-refractivity contribution in [2.75, 3.05) is 7.11 Å². The maximum absolute atomic E-state index is 12.9. The number of ether oxygens (including phenoxy) is 3. The Bertz CT molecular complexity index is 937. The fourth-order valence-corrected chi connectivity index (χ4v) is 4.42. The van der Waals surface area contributed by atoms with Crippen LogP contribution in [0.4, 0.5) is 0 Å². The topological polar surface area (TPSA) is 56.8 Å². The molecular formula is C25H31NO4. The Labute approximate surface area is 178 Å². The van der Waals surface area contributed by atoms with Crippen LogP contribution in [0.5, 0.6) is 17.2 Å². The predicted molar refractivity (Wildman–Crippen MR) is 116 cm³/mol. The third kappa shape index (κ3) is 4.40. The maximum atomic E-state index is 12.9. The van der Waals surface area contributed by atoms with Crippen LogP contribution in [0.1, 0.15) is 62.8 Å². The third-order valence-electron chi connectivity index (χ3n) is 6.00. The van der Waals surface area contributed by atoms with Gasteiger partial charge in [0.25, 0.3) is 5.91 Å². The largest absolute Gasteiger partial charge is 0.497 e. The first-order valence-electron chi connectivity index (χ1n) is 10.8. The minimum Gasteiger partial charge on any atom is -0.497 e. The fourth-order valence-electron chi connectivity index (χ4n) is 4.42. The highest BCUT2D eigenvalue weighted by Gasteiger charge is 2.35. The van der Waals surface area contributed by atoms with Gasteiger partial charge in [-0.3, -0.25) is 4.79 Å². The van der Waals surface area contributed by atoms with E-state index >= 15 is 0 Å². The van der Waals surface area contributed by atoms with Gasteiger partial charge in [0.05, 0.1) is 13.2 Å². The Morgan fingerprint density at radius 3 is 2.60 bits per heavy atom. The summed E-state index contributed by atoms with van der Waals surface area (Å²) in [6.07, 6.45) is 4.79. The molecule has 0 saturated heterocycles. The molecule has 0 fully saturated rings. The molecule has 1 aliphatic carbocycles. The van der Waals surface area contributed by atoms with Crippen molar-refractivity contribution in [3.8, 4) is 17.2 Å². The van der Waals surface area contributed by atoms with Crippen molar-refractivity contribution in [1.82, 2.24) is 5.32 Å². The molecule has 1 heterocycles. The van der Waals surface area contributed by atoms with Crippen molar-refractivity contribution in [2.45, 2.75) is 70.6 Å². The van der Waals surface area contributed by atoms with Gasteiger partial charge in [-0.25, -0.2) is 0 Å². The van der Waals surface area contributed by atoms with Crippen molar-refractivity contribution in [3.63, 3.8) is 0 Å². The van der Waals surface area contributed by atoms with Crippen LogP contribution in [-0.4, -0.2) is 24.7 Å². The minimum absolute atomic E-state index is 0.128. The van der Waals surface area contributed by atoms with Crippen LogP contribution in [-0.2, 0) is 17.6 Å². The summed E-state index contributed by atoms with van der Waals surface area (Å²) in [5.74, 6) is 2.12. The summed E-state index contributed by atoms with van der Waals surface area (Å²) >= 11 is 0. The highest BCUT2D eigenvalue weighted by atomic mass is 16.5. The van der Waals surface area contributed by atoms with E-state index in [9.17, 15) is 4.79 Å². The lowest BCUT2D eigenvalue weighted by molar-refractivity contribution is -0.128. The molecule has 2 aromatic rings. The number of methoxy groups -OCH3 is 1. The summed E-state index contributed by atoms with van der Waals surface area (Å²) in [6.45, 7) is 5.86. The van der Waals surface area contributed by atoms with Gasteiger partial charge in [0.2, 0.25) is 0 Å². The average Bonchev–Trinajstić information content (AvgIpc) is 2.72. The number of rotatable bonds is 5. The molecule has 2 aliphatic rings. The van der Waals surface area contributed by atoms with Gasteiger partial charge in [-0.15, -0.1) is 0 Å². The Morgan fingerprint density at radius 1 is 1.10 bits per heavy atom. The van der Waals surface area contributed by atoms with Gasteiger partial charge in [-0.1, -0.05) is 6.07 Å². The number of nitrogens with one attached hydrogen (secondary N) is 1. The van der Waals surface area contributed by atoms with Crippen LogP contribution in [0, 0.1) is 0 Å². The molecule has 0 saturated carbocycles. The molecule has 1 aliphatic heterocycles. The number of hydrogen-bond donors (Lipinski definition) is 1. The number of carbonyl (C=O) groups excluding carboxylic acids is 1. The first-order chi connectivity index (χ1) is 14.3. The molecule has 4 rings (SSSR count). The molecule has 2 atom stereocenters. The van der Waals surface area contributed by atoms with E-state index in [0.29, 0.717) is 6.42 Å². The molecular weight excluding hydrogens is 378 g/mol. The van der Waals surface area contributed by atoms with E-state index in [1.807, 2.05) is 38.1 Å². The normalized spacial score (nSPS) is 20.2. The average molecular weight is 410 g/mol. The van der Waals surface area contributed by atoms with Crippen LogP contribution in [0.15, 0.2) is 36.4 Å². The highest BCUT2D eigenvalue weighted by molar-refractivity contribution is 5.81. The van der Waals surface area contributed by atoms with Gasteiger partial charge in [0.1, 0.15) is 22.8 Å². The van der Waals surface area contributed by atoms with Crippen LogP contribution in [0.2, 0.25) is 0 Å². The monoisotopic (exact) mass is 409 g/mol. The lowest BCUT2D eigenvalue weighted by Gasteiger charge is -2.38. The Balaban J connectivity index is 1.46. The highest BCUT2D eigenvalue weighted by Crippen LogP contribution is 2.41. The van der Waals surface area contributed by atoms with Crippen molar-refractivity contribution in [3.05, 3.63) is 53.1 Å². The molecule has 5 heteroatoms. The van der Waals surface area contributed by atoms with E-state index in [-0.39, 0.29) is 17.6 Å². The molecule has 1 amide bonds. The number of carbonyl (C=O) groups is 1. The molecule has 30 heavy (non-hydrogen) atoms. The van der Waals surface area contributed by atoms with E-state index in [1.54, 1.807) is 14.0 Å². The summed E-state index contributed by atoms with van der Waals surface area (Å²) < 4.78 is 17.4. The van der Waals surface area contributed by atoms with Crippen LogP contribution >= 0.6 is 0 Å². The van der Waals surface area contributed by atoms with Gasteiger partial charge in [0.15, 0.2) is 6.10 Å². The third-order valence-corrected chi connectivity index (χ3v) is 6.00. The summed E-state index contributed by atoms with van der Waals surface area (Å²) in [7, 11) is 1.63. The second-order valence-electron chi connectivity index (χ2n) is 8.93. The summed E-state index contributed by atoms with van der Waals surface area (Å²) in [5, 5.41) is 3.17. The quantitative estimate of drug-likeness (QED) is 0.774. The van der Waals surface area contributed by atoms with Crippen molar-refractivity contribution >= 4 is 5.91 Å². The summed E-state index contributed by atoms with van der Waals surface area (Å²) in [4.78, 5) is 12.9. The van der Waals surface area contributed by atoms with Crippen LogP contribution in [0.3, 0.4) is 0 Å². The molecule has 2 unspecified atom stereocenters. The molecule has 2 aromatic carbocycles. The molecule has 1 N–H and O–H groups in total. The zero-order chi connectivity index (χ0) is 21.3. The van der Waals surface area contributed by atoms with E-state index in [1.165, 1.54) is 24.0 Å². The second kappa shape index (κ2) is 8.21. The minimum atomic E-state index is -0.584. The number of benzene rings is 2. The van der Waals surface area contributed by atoms with Gasteiger partial charge in [-0.2, -0.15) is 0 Å². The summed E-state index contributed by atoms with van der Waals surface area (Å²) in [5.41, 5.74) is 3.33. The number of fused-ring (bicyclic) bond motifs is 2. The lowest BCUT2D eigenvalue weighted by Crippen LogP contribution is -2.44. The molecule has 0 bridgehead atoms. The Kier molecular flexibility index (Phi) is 5.63. The SMILES string of the molecule is COc1ccc2c(c1)OC(C)(C)CC2NC(=O)C(C)Oc1ccc2c(c1)CCCC2. The predicted octanol–water partition coefficient (Wildman–Crippen LogP) is 4.76. The van der Waals surface area contributed by atoms with Crippen molar-refractivity contribution in [1.29, 1.82) is 0 Å². The second-order valence-corrected chi connectivity index (χ2v) is 8.93. The van der Waals surface area contributed by atoms with Gasteiger partial charge in [-0.05, 0) is 81.8 Å². The first-order valence-corrected chi connectivity index (χ1v) is 10.8. The maximum Gasteiger partial charge on any atom is 0.261 e. The van der Waals surface area contributed by atoms with Crippen molar-refractivity contribution in [2.24, 2.45) is 0 Å². The lowest BCUT2D eigenvalue weighted by atomic mass is 9.89. The van der Waals surface area contributed by atoms with Crippen LogP contribution in [0.25, 0.3) is 0 Å². The van der Waals surface area contributed by atoms with Crippen LogP contribution < -0.4 is 19.5 Å². The van der Waals surface area contributed by atoms with E-state index < -0.39 is 6.10 Å².